The van der Waals surface area contributed by atoms with Crippen LogP contribution in [0.3, 0.4) is 0 Å². The van der Waals surface area contributed by atoms with Gasteiger partial charge in [-0.3, -0.25) is 9.59 Å². The molecule has 0 aromatic heterocycles. The van der Waals surface area contributed by atoms with Gasteiger partial charge in [-0.15, -0.1) is 0 Å². The Kier molecular flexibility index (Phi) is 5.74. The number of anilines is 1. The number of carbonyl (C=O) groups is 2. The van der Waals surface area contributed by atoms with Crippen LogP contribution in [0.1, 0.15) is 42.3 Å². The second kappa shape index (κ2) is 7.79. The molecule has 4 nitrogen and oxygen atoms in total. The molecule has 26 heavy (non-hydrogen) atoms. The highest BCUT2D eigenvalue weighted by molar-refractivity contribution is 6.06. The first-order valence-electron chi connectivity index (χ1n) is 8.35. The molecule has 0 aliphatic rings. The molecular weight excluding hydrogens is 324 g/mol. The molecule has 0 spiro atoms. The van der Waals surface area contributed by atoms with Crippen LogP contribution in [0.4, 0.5) is 5.69 Å². The molecule has 0 saturated heterocycles. The van der Waals surface area contributed by atoms with Crippen molar-refractivity contribution in [2.75, 3.05) is 5.32 Å². The molecule has 0 bridgehead atoms. The normalized spacial score (nSPS) is 11.6. The summed E-state index contributed by atoms with van der Waals surface area (Å²) in [7, 11) is 0. The topological polar surface area (TPSA) is 70.0 Å². The number of amides is 1. The first kappa shape index (κ1) is 19.1. The SMILES string of the molecule is Cc1ccc(C(=O)Nc2cccc(/C=C(\C#N)C(=O)C(C)(C)C)c2)cc1. The minimum atomic E-state index is -0.626. The number of nitrogens with zero attached hydrogens (tertiary/aromatic N) is 1. The average molecular weight is 346 g/mol. The molecule has 1 amide bonds. The fraction of sp³-hybridized carbons (Fsp3) is 0.227. The zero-order valence-electron chi connectivity index (χ0n) is 15.5. The van der Waals surface area contributed by atoms with Gasteiger partial charge in [-0.25, -0.2) is 0 Å². The van der Waals surface area contributed by atoms with Crippen molar-refractivity contribution in [1.82, 2.24) is 0 Å². The highest BCUT2D eigenvalue weighted by Gasteiger charge is 2.24. The Balaban J connectivity index is 2.23. The number of aryl methyl sites for hydroxylation is 1. The molecule has 132 valence electrons. The van der Waals surface area contributed by atoms with Gasteiger partial charge in [-0.2, -0.15) is 5.26 Å². The number of benzene rings is 2. The van der Waals surface area contributed by atoms with Gasteiger partial charge in [0.15, 0.2) is 5.78 Å². The summed E-state index contributed by atoms with van der Waals surface area (Å²) in [6.45, 7) is 7.29. The van der Waals surface area contributed by atoms with E-state index >= 15 is 0 Å². The summed E-state index contributed by atoms with van der Waals surface area (Å²) < 4.78 is 0. The quantitative estimate of drug-likeness (QED) is 0.640. The van der Waals surface area contributed by atoms with Crippen LogP contribution in [-0.2, 0) is 4.79 Å². The fourth-order valence-corrected chi connectivity index (χ4v) is 2.33. The second-order valence-electron chi connectivity index (χ2n) is 7.19. The summed E-state index contributed by atoms with van der Waals surface area (Å²) >= 11 is 0. The monoisotopic (exact) mass is 346 g/mol. The molecule has 0 radical (unpaired) electrons. The molecule has 1 N–H and O–H groups in total. The Bertz CT molecular complexity index is 895. The van der Waals surface area contributed by atoms with E-state index in [0.717, 1.165) is 5.56 Å². The second-order valence-corrected chi connectivity index (χ2v) is 7.19. The number of hydrogen-bond donors (Lipinski definition) is 1. The summed E-state index contributed by atoms with van der Waals surface area (Å²) in [6.07, 6.45) is 1.55. The maximum absolute atomic E-state index is 12.3. The van der Waals surface area contributed by atoms with E-state index in [1.807, 2.05) is 25.1 Å². The summed E-state index contributed by atoms with van der Waals surface area (Å²) in [5.41, 5.74) is 2.40. The van der Waals surface area contributed by atoms with Gasteiger partial charge in [0.25, 0.3) is 5.91 Å². The molecule has 0 unspecified atom stereocenters. The van der Waals surface area contributed by atoms with Gasteiger partial charge in [0.2, 0.25) is 0 Å². The Labute approximate surface area is 154 Å². The Hall–Kier alpha value is -3.19. The summed E-state index contributed by atoms with van der Waals surface area (Å²) in [4.78, 5) is 24.6. The highest BCUT2D eigenvalue weighted by Crippen LogP contribution is 2.22. The molecule has 2 aromatic carbocycles. The van der Waals surface area contributed by atoms with E-state index in [4.69, 9.17) is 0 Å². The molecule has 0 aliphatic carbocycles. The van der Waals surface area contributed by atoms with Gasteiger partial charge < -0.3 is 5.32 Å². The average Bonchev–Trinajstić information content (AvgIpc) is 2.59. The maximum Gasteiger partial charge on any atom is 0.255 e. The molecule has 0 aliphatic heterocycles. The molecular formula is C22H22N2O2. The van der Waals surface area contributed by atoms with Crippen molar-refractivity contribution in [3.8, 4) is 6.07 Å². The Morgan fingerprint density at radius 1 is 1.08 bits per heavy atom. The van der Waals surface area contributed by atoms with Gasteiger partial charge >= 0.3 is 0 Å². The Morgan fingerprint density at radius 2 is 1.73 bits per heavy atom. The van der Waals surface area contributed by atoms with Crippen LogP contribution < -0.4 is 5.32 Å². The lowest BCUT2D eigenvalue weighted by Gasteiger charge is -2.15. The maximum atomic E-state index is 12.3. The lowest BCUT2D eigenvalue weighted by atomic mass is 9.86. The van der Waals surface area contributed by atoms with Crippen molar-refractivity contribution < 1.29 is 9.59 Å². The third-order valence-corrected chi connectivity index (χ3v) is 3.82. The fourth-order valence-electron chi connectivity index (χ4n) is 2.33. The van der Waals surface area contributed by atoms with Crippen molar-refractivity contribution in [3.63, 3.8) is 0 Å². The summed E-state index contributed by atoms with van der Waals surface area (Å²) in [5.74, 6) is -0.425. The van der Waals surface area contributed by atoms with Gasteiger partial charge in [0, 0.05) is 16.7 Å². The number of rotatable bonds is 4. The van der Waals surface area contributed by atoms with Crippen LogP contribution in [0.25, 0.3) is 6.08 Å². The van der Waals surface area contributed by atoms with E-state index in [0.29, 0.717) is 16.8 Å². The Morgan fingerprint density at radius 3 is 2.31 bits per heavy atom. The van der Waals surface area contributed by atoms with Gasteiger partial charge in [0.05, 0.1) is 5.57 Å². The summed E-state index contributed by atoms with van der Waals surface area (Å²) in [5, 5.41) is 12.1. The molecule has 4 heteroatoms. The molecule has 0 heterocycles. The highest BCUT2D eigenvalue weighted by atomic mass is 16.1. The third kappa shape index (κ3) is 4.90. The smallest absolute Gasteiger partial charge is 0.255 e. The minimum Gasteiger partial charge on any atom is -0.322 e. The van der Waals surface area contributed by atoms with Crippen LogP contribution in [0.5, 0.6) is 0 Å². The van der Waals surface area contributed by atoms with E-state index in [2.05, 4.69) is 5.32 Å². The number of nitriles is 1. The molecule has 0 saturated carbocycles. The number of hydrogen-bond acceptors (Lipinski definition) is 3. The first-order valence-corrected chi connectivity index (χ1v) is 8.35. The zero-order chi connectivity index (χ0) is 19.3. The lowest BCUT2D eigenvalue weighted by Crippen LogP contribution is -2.21. The number of carbonyl (C=O) groups excluding carboxylic acids is 2. The lowest BCUT2D eigenvalue weighted by molar-refractivity contribution is -0.121. The minimum absolute atomic E-state index is 0.0968. The number of allylic oxidation sites excluding steroid dienone is 1. The number of Topliss-reactive ketones (excluding diaryl/α,β-unsaturated/α-hetero) is 1. The van der Waals surface area contributed by atoms with E-state index in [1.165, 1.54) is 0 Å². The summed E-state index contributed by atoms with van der Waals surface area (Å²) in [6, 6.07) is 16.3. The van der Waals surface area contributed by atoms with Crippen molar-refractivity contribution in [2.24, 2.45) is 5.41 Å². The van der Waals surface area contributed by atoms with Crippen molar-refractivity contribution in [3.05, 3.63) is 70.8 Å². The van der Waals surface area contributed by atoms with E-state index < -0.39 is 5.41 Å². The van der Waals surface area contributed by atoms with Crippen molar-refractivity contribution >= 4 is 23.5 Å². The van der Waals surface area contributed by atoms with Crippen LogP contribution in [0, 0.1) is 23.7 Å². The van der Waals surface area contributed by atoms with Crippen LogP contribution in [-0.4, -0.2) is 11.7 Å². The molecule has 2 aromatic rings. The van der Waals surface area contributed by atoms with E-state index in [9.17, 15) is 14.9 Å². The van der Waals surface area contributed by atoms with Gasteiger partial charge in [-0.05, 0) is 42.8 Å². The van der Waals surface area contributed by atoms with Crippen molar-refractivity contribution in [2.45, 2.75) is 27.7 Å². The molecule has 0 atom stereocenters. The van der Waals surface area contributed by atoms with Gasteiger partial charge in [0.1, 0.15) is 6.07 Å². The predicted molar refractivity (Wildman–Crippen MR) is 104 cm³/mol. The first-order chi connectivity index (χ1) is 12.2. The predicted octanol–water partition coefficient (Wildman–Crippen LogP) is 4.77. The zero-order valence-corrected chi connectivity index (χ0v) is 15.5. The van der Waals surface area contributed by atoms with Crippen molar-refractivity contribution in [1.29, 1.82) is 5.26 Å². The number of ketones is 1. The van der Waals surface area contributed by atoms with Crippen LogP contribution in [0.2, 0.25) is 0 Å². The molecule has 2 rings (SSSR count). The largest absolute Gasteiger partial charge is 0.322 e. The van der Waals surface area contributed by atoms with Crippen LogP contribution in [0.15, 0.2) is 54.1 Å². The standard InChI is InChI=1S/C22H22N2O2/c1-15-8-10-17(11-9-15)21(26)24-19-7-5-6-16(13-19)12-18(14-23)20(25)22(2,3)4/h5-13H,1-4H3,(H,24,26)/b18-12+. The van der Waals surface area contributed by atoms with Gasteiger partial charge in [-0.1, -0.05) is 50.6 Å². The van der Waals surface area contributed by atoms with E-state index in [1.54, 1.807) is 63.2 Å². The van der Waals surface area contributed by atoms with E-state index in [-0.39, 0.29) is 17.3 Å². The third-order valence-electron chi connectivity index (χ3n) is 3.82. The van der Waals surface area contributed by atoms with Crippen LogP contribution >= 0.6 is 0 Å². The number of nitrogens with one attached hydrogen (secondary N) is 1. The molecule has 0 fully saturated rings.